The third-order valence-corrected chi connectivity index (χ3v) is 12.2. The number of urea groups is 1. The molecule has 0 radical (unpaired) electrons. The Morgan fingerprint density at radius 1 is 0.775 bits per heavy atom. The number of piperidine rings is 1. The lowest BCUT2D eigenvalue weighted by Gasteiger charge is -2.37. The van der Waals surface area contributed by atoms with E-state index in [0.717, 1.165) is 58.8 Å². The number of nitriles is 1. The lowest BCUT2D eigenvalue weighted by Crippen LogP contribution is -2.54. The Labute approximate surface area is 409 Å². The lowest BCUT2D eigenvalue weighted by atomic mass is 9.89. The molecule has 366 valence electrons. The standard InChI is InChI=1S/C52H53N9O10/c53-30-35-9-19-44(56-32-35)58-38-12-16-40(17-13-38)60(52(67)57-31-34-5-2-1-3-6-34)39-14-10-36(11-15-39)37-21-22-55-47(29-37)70-28-27-69-26-25-68-24-23-54-46(63)33-71-43-8-4-7-41-48(43)51(66)61(50(41)65)42-18-20-45(62)59-49(42)64/h1-11,14-15,19,21-22,29,32,38,40,42H,12-13,16-18,20,23-28,31,33H2,(H,54,63)(H,56,58)(H,57,67)(H,59,62,64). The molecule has 3 aliphatic rings. The van der Waals surface area contributed by atoms with E-state index in [0.29, 0.717) is 18.0 Å². The number of imide groups is 2. The van der Waals surface area contributed by atoms with Crippen molar-refractivity contribution in [3.05, 3.63) is 132 Å². The van der Waals surface area contributed by atoms with Crippen molar-refractivity contribution in [3.63, 3.8) is 0 Å². The zero-order valence-corrected chi connectivity index (χ0v) is 38.8. The summed E-state index contributed by atoms with van der Waals surface area (Å²) in [5.74, 6) is -1.87. The van der Waals surface area contributed by atoms with E-state index in [1.807, 2.05) is 77.7 Å². The number of hydrogen-bond donors (Lipinski definition) is 4. The molecule has 71 heavy (non-hydrogen) atoms. The van der Waals surface area contributed by atoms with Gasteiger partial charge < -0.3 is 34.9 Å². The van der Waals surface area contributed by atoms with Crippen molar-refractivity contribution in [3.8, 4) is 28.8 Å². The summed E-state index contributed by atoms with van der Waals surface area (Å²) in [7, 11) is 0. The fourth-order valence-electron chi connectivity index (χ4n) is 8.66. The zero-order valence-electron chi connectivity index (χ0n) is 38.8. The lowest BCUT2D eigenvalue weighted by molar-refractivity contribution is -0.136. The second-order valence-electron chi connectivity index (χ2n) is 17.0. The van der Waals surface area contributed by atoms with Gasteiger partial charge in [-0.2, -0.15) is 5.26 Å². The number of pyridine rings is 2. The van der Waals surface area contributed by atoms with Crippen molar-refractivity contribution in [1.29, 1.82) is 5.26 Å². The van der Waals surface area contributed by atoms with Gasteiger partial charge in [-0.15, -0.1) is 0 Å². The van der Waals surface area contributed by atoms with E-state index in [1.54, 1.807) is 18.5 Å². The van der Waals surface area contributed by atoms with Crippen LogP contribution in [0, 0.1) is 11.3 Å². The number of benzene rings is 3. The summed E-state index contributed by atoms with van der Waals surface area (Å²) in [6, 6.07) is 30.5. The molecule has 2 fully saturated rings. The van der Waals surface area contributed by atoms with Crippen molar-refractivity contribution in [1.82, 2.24) is 30.8 Å². The van der Waals surface area contributed by atoms with Gasteiger partial charge in [0.2, 0.25) is 17.7 Å². The molecule has 5 aromatic rings. The summed E-state index contributed by atoms with van der Waals surface area (Å²) >= 11 is 0. The summed E-state index contributed by atoms with van der Waals surface area (Å²) in [5.41, 5.74) is 4.15. The van der Waals surface area contributed by atoms with Crippen LogP contribution in [0.15, 0.2) is 109 Å². The molecule has 4 N–H and O–H groups in total. The van der Waals surface area contributed by atoms with Crippen molar-refractivity contribution in [2.24, 2.45) is 0 Å². The molecule has 2 aliphatic heterocycles. The maximum absolute atomic E-state index is 13.9. The van der Waals surface area contributed by atoms with Crippen LogP contribution in [0.1, 0.15) is 70.4 Å². The number of nitrogens with one attached hydrogen (secondary N) is 4. The molecule has 19 heteroatoms. The van der Waals surface area contributed by atoms with Crippen LogP contribution in [0.2, 0.25) is 0 Å². The van der Waals surface area contributed by atoms with E-state index in [4.69, 9.17) is 24.2 Å². The van der Waals surface area contributed by atoms with Crippen molar-refractivity contribution in [2.75, 3.05) is 56.4 Å². The largest absolute Gasteiger partial charge is 0.483 e. The highest BCUT2D eigenvalue weighted by Crippen LogP contribution is 2.34. The Bertz CT molecular complexity index is 2740. The molecule has 4 heterocycles. The first-order chi connectivity index (χ1) is 34.6. The SMILES string of the molecule is N#Cc1ccc(NC2CCC(N(C(=O)NCc3ccccc3)c3ccc(-c4ccnc(OCCOCCOCCNC(=O)COc5cccc6c5C(=O)N(C5CCC(=O)NC5=O)C6=O)c4)cc3)CC2)nc1. The monoisotopic (exact) mass is 963 g/mol. The minimum absolute atomic E-state index is 0.000703. The first-order valence-corrected chi connectivity index (χ1v) is 23.5. The summed E-state index contributed by atoms with van der Waals surface area (Å²) < 4.78 is 22.7. The van der Waals surface area contributed by atoms with Gasteiger partial charge in [-0.25, -0.2) is 14.8 Å². The maximum atomic E-state index is 13.9. The summed E-state index contributed by atoms with van der Waals surface area (Å²) in [6.07, 6.45) is 6.55. The Morgan fingerprint density at radius 3 is 2.30 bits per heavy atom. The number of anilines is 2. The molecule has 8 rings (SSSR count). The third-order valence-electron chi connectivity index (χ3n) is 12.2. The number of aromatic nitrogens is 2. The van der Waals surface area contributed by atoms with Crippen LogP contribution in [0.5, 0.6) is 11.6 Å². The Balaban J connectivity index is 0.738. The summed E-state index contributed by atoms with van der Waals surface area (Å²) in [6.45, 7) is 1.46. The minimum Gasteiger partial charge on any atom is -0.483 e. The average molecular weight is 964 g/mol. The molecule has 1 saturated heterocycles. The topological polar surface area (TPSA) is 244 Å². The number of rotatable bonds is 21. The molecule has 1 unspecified atom stereocenters. The molecule has 3 aromatic carbocycles. The molecule has 1 aliphatic carbocycles. The van der Waals surface area contributed by atoms with Gasteiger partial charge in [0.25, 0.3) is 17.7 Å². The van der Waals surface area contributed by atoms with Crippen molar-refractivity contribution >= 4 is 47.1 Å². The van der Waals surface area contributed by atoms with Crippen molar-refractivity contribution < 1.29 is 47.7 Å². The molecule has 1 saturated carbocycles. The van der Waals surface area contributed by atoms with Crippen LogP contribution in [0.4, 0.5) is 16.3 Å². The molecule has 0 spiro atoms. The third kappa shape index (κ3) is 12.7. The van der Waals surface area contributed by atoms with Crippen molar-refractivity contribution in [2.45, 2.75) is 63.2 Å². The second kappa shape index (κ2) is 23.9. The maximum Gasteiger partial charge on any atom is 0.322 e. The predicted molar refractivity (Wildman–Crippen MR) is 258 cm³/mol. The van der Waals surface area contributed by atoms with Crippen LogP contribution in [-0.4, -0.2) is 115 Å². The number of carbonyl (C=O) groups excluding carboxylic acids is 6. The van der Waals surface area contributed by atoms with Crippen LogP contribution in [0.3, 0.4) is 0 Å². The number of nitrogens with zero attached hydrogens (tertiary/aromatic N) is 5. The van der Waals surface area contributed by atoms with Gasteiger partial charge in [0.05, 0.1) is 43.1 Å². The fourth-order valence-corrected chi connectivity index (χ4v) is 8.66. The Morgan fingerprint density at radius 2 is 1.55 bits per heavy atom. The Kier molecular flexibility index (Phi) is 16.6. The van der Waals surface area contributed by atoms with E-state index in [2.05, 4.69) is 37.3 Å². The first kappa shape index (κ1) is 49.2. The number of ether oxygens (including phenoxy) is 4. The highest BCUT2D eigenvalue weighted by molar-refractivity contribution is 6.24. The number of amides is 7. The molecule has 2 aromatic heterocycles. The van der Waals surface area contributed by atoms with Gasteiger partial charge >= 0.3 is 6.03 Å². The number of carbonyl (C=O) groups is 6. The highest BCUT2D eigenvalue weighted by atomic mass is 16.5. The molecule has 19 nitrogen and oxygen atoms in total. The van der Waals surface area contributed by atoms with Gasteiger partial charge in [-0.05, 0) is 91.3 Å². The van der Waals surface area contributed by atoms with Gasteiger partial charge in [-0.1, -0.05) is 48.5 Å². The quantitative estimate of drug-likeness (QED) is 0.0549. The van der Waals surface area contributed by atoms with Crippen LogP contribution < -0.4 is 35.6 Å². The summed E-state index contributed by atoms with van der Waals surface area (Å²) in [4.78, 5) is 88.1. The van der Waals surface area contributed by atoms with E-state index < -0.39 is 42.2 Å². The molecule has 7 amide bonds. The molecular weight excluding hydrogens is 911 g/mol. The minimum atomic E-state index is -1.12. The second-order valence-corrected chi connectivity index (χ2v) is 17.0. The number of hydrogen-bond acceptors (Lipinski definition) is 14. The average Bonchev–Trinajstić information content (AvgIpc) is 3.65. The van der Waals surface area contributed by atoms with Gasteiger partial charge in [0, 0.05) is 55.7 Å². The smallest absolute Gasteiger partial charge is 0.322 e. The normalized spacial score (nSPS) is 17.4. The zero-order chi connectivity index (χ0) is 49.5. The fraction of sp³-hybridized carbons (Fsp3) is 0.327. The van der Waals surface area contributed by atoms with Crippen LogP contribution in [-0.2, 0) is 30.4 Å². The summed E-state index contributed by atoms with van der Waals surface area (Å²) in [5, 5.41) is 20.6. The molecular formula is C52H53N9O10. The highest BCUT2D eigenvalue weighted by Gasteiger charge is 2.46. The van der Waals surface area contributed by atoms with Gasteiger partial charge in [0.1, 0.15) is 30.3 Å². The van der Waals surface area contributed by atoms with E-state index in [9.17, 15) is 28.8 Å². The predicted octanol–water partition coefficient (Wildman–Crippen LogP) is 5.16. The number of fused-ring (bicyclic) bond motifs is 1. The molecule has 0 bridgehead atoms. The van der Waals surface area contributed by atoms with E-state index >= 15 is 0 Å². The Hall–Kier alpha value is -8.21. The van der Waals surface area contributed by atoms with Crippen LogP contribution >= 0.6 is 0 Å². The first-order valence-electron chi connectivity index (χ1n) is 23.5. The van der Waals surface area contributed by atoms with E-state index in [1.165, 1.54) is 18.2 Å². The van der Waals surface area contributed by atoms with Gasteiger partial charge in [-0.3, -0.25) is 39.1 Å². The molecule has 1 atom stereocenters. The van der Waals surface area contributed by atoms with Crippen LogP contribution in [0.25, 0.3) is 11.1 Å². The van der Waals surface area contributed by atoms with E-state index in [-0.39, 0.29) is 87.4 Å². The van der Waals surface area contributed by atoms with Gasteiger partial charge in [0.15, 0.2) is 6.61 Å².